The summed E-state index contributed by atoms with van der Waals surface area (Å²) in [5.74, 6) is -0.0575. The predicted molar refractivity (Wildman–Crippen MR) is 65.9 cm³/mol. The Bertz CT molecular complexity index is 424. The molecular weight excluding hydrogens is 218 g/mol. The van der Waals surface area contributed by atoms with E-state index in [0.29, 0.717) is 11.0 Å². The number of hydrogen-bond acceptors (Lipinski definition) is 3. The van der Waals surface area contributed by atoms with E-state index in [4.69, 9.17) is 12.2 Å². The van der Waals surface area contributed by atoms with Gasteiger partial charge in [-0.2, -0.15) is 5.26 Å². The minimum absolute atomic E-state index is 0.169. The molecule has 0 aliphatic carbocycles. The summed E-state index contributed by atoms with van der Waals surface area (Å²) in [5.41, 5.74) is 1.10. The summed E-state index contributed by atoms with van der Waals surface area (Å²) in [6, 6.07) is 6.53. The largest absolute Gasteiger partial charge is 0.376 e. The smallest absolute Gasteiger partial charge is 0.103 e. The number of nitrogens with one attached hydrogen (secondary N) is 1. The normalized spacial score (nSPS) is 29.2. The van der Waals surface area contributed by atoms with E-state index in [1.165, 1.54) is 0 Å². The average Bonchev–Trinajstić information content (AvgIpc) is 2.29. The number of nitrogens with zero attached hydrogens (tertiary/aromatic N) is 2. The van der Waals surface area contributed by atoms with Gasteiger partial charge in [-0.25, -0.2) is 0 Å². The second-order valence-electron chi connectivity index (χ2n) is 4.14. The molecule has 0 amide bonds. The Balaban J connectivity index is 2.31. The van der Waals surface area contributed by atoms with Crippen molar-refractivity contribution >= 4 is 17.2 Å². The van der Waals surface area contributed by atoms with E-state index in [2.05, 4.69) is 23.3 Å². The molecule has 4 heteroatoms. The van der Waals surface area contributed by atoms with Crippen LogP contribution >= 0.6 is 12.2 Å². The second kappa shape index (κ2) is 4.58. The Morgan fingerprint density at radius 3 is 3.06 bits per heavy atom. The van der Waals surface area contributed by atoms with Crippen molar-refractivity contribution in [1.82, 2.24) is 10.3 Å². The van der Waals surface area contributed by atoms with E-state index in [-0.39, 0.29) is 11.8 Å². The van der Waals surface area contributed by atoms with Gasteiger partial charge >= 0.3 is 0 Å². The van der Waals surface area contributed by atoms with Crippen molar-refractivity contribution in [3.63, 3.8) is 0 Å². The highest BCUT2D eigenvalue weighted by atomic mass is 32.1. The summed E-state index contributed by atoms with van der Waals surface area (Å²) in [5, 5.41) is 12.4. The van der Waals surface area contributed by atoms with Crippen LogP contribution in [0.3, 0.4) is 0 Å². The van der Waals surface area contributed by atoms with Crippen LogP contribution in [0.5, 0.6) is 0 Å². The van der Waals surface area contributed by atoms with Crippen molar-refractivity contribution in [2.75, 3.05) is 0 Å². The van der Waals surface area contributed by atoms with Crippen LogP contribution < -0.4 is 5.32 Å². The van der Waals surface area contributed by atoms with Crippen LogP contribution in [0.25, 0.3) is 0 Å². The number of thiocarbonyl (C=S) groups is 1. The third kappa shape index (κ3) is 2.05. The molecule has 2 rings (SSSR count). The van der Waals surface area contributed by atoms with Gasteiger partial charge in [0.15, 0.2) is 0 Å². The third-order valence-electron chi connectivity index (χ3n) is 2.93. The molecule has 82 valence electrons. The molecule has 2 heterocycles. The highest BCUT2D eigenvalue weighted by Crippen LogP contribution is 2.32. The molecule has 1 fully saturated rings. The molecular formula is C12H13N3S. The van der Waals surface area contributed by atoms with Crippen LogP contribution in [0.15, 0.2) is 24.5 Å². The summed E-state index contributed by atoms with van der Waals surface area (Å²) in [7, 11) is 0. The van der Waals surface area contributed by atoms with Crippen LogP contribution in [-0.2, 0) is 0 Å². The molecule has 0 saturated carbocycles. The fourth-order valence-corrected chi connectivity index (χ4v) is 2.58. The number of rotatable bonds is 1. The average molecular weight is 231 g/mol. The van der Waals surface area contributed by atoms with Gasteiger partial charge in [-0.3, -0.25) is 4.98 Å². The number of aromatic nitrogens is 1. The lowest BCUT2D eigenvalue weighted by Crippen LogP contribution is -2.44. The lowest BCUT2D eigenvalue weighted by Gasteiger charge is -2.33. The zero-order valence-corrected chi connectivity index (χ0v) is 9.87. The van der Waals surface area contributed by atoms with Gasteiger partial charge in [-0.05, 0) is 25.0 Å². The quantitative estimate of drug-likeness (QED) is 0.751. The molecule has 0 bridgehead atoms. The first-order valence-corrected chi connectivity index (χ1v) is 5.73. The summed E-state index contributed by atoms with van der Waals surface area (Å²) in [6.07, 6.45) is 4.49. The monoisotopic (exact) mass is 231 g/mol. The minimum atomic E-state index is -0.226. The van der Waals surface area contributed by atoms with E-state index in [1.54, 1.807) is 6.20 Å². The molecule has 3 nitrogen and oxygen atoms in total. The molecule has 0 spiro atoms. The van der Waals surface area contributed by atoms with E-state index in [0.717, 1.165) is 12.0 Å². The molecule has 1 aromatic rings. The van der Waals surface area contributed by atoms with Gasteiger partial charge in [0.1, 0.15) is 5.92 Å². The van der Waals surface area contributed by atoms with Crippen molar-refractivity contribution in [2.24, 2.45) is 5.92 Å². The van der Waals surface area contributed by atoms with Crippen molar-refractivity contribution in [3.05, 3.63) is 30.1 Å². The fourth-order valence-electron chi connectivity index (χ4n) is 2.16. The topological polar surface area (TPSA) is 48.7 Å². The maximum Gasteiger partial charge on any atom is 0.103 e. The zero-order chi connectivity index (χ0) is 11.5. The molecule has 1 N–H and O–H groups in total. The maximum atomic E-state index is 9.18. The molecule has 1 aliphatic rings. The summed E-state index contributed by atoms with van der Waals surface area (Å²) in [4.78, 5) is 4.77. The predicted octanol–water partition coefficient (Wildman–Crippen LogP) is 2.01. The Labute approximate surface area is 101 Å². The van der Waals surface area contributed by atoms with E-state index in [1.807, 2.05) is 18.3 Å². The molecule has 3 unspecified atom stereocenters. The van der Waals surface area contributed by atoms with Crippen LogP contribution in [0, 0.1) is 17.2 Å². The van der Waals surface area contributed by atoms with Crippen LogP contribution in [0.1, 0.15) is 24.8 Å². The zero-order valence-electron chi connectivity index (χ0n) is 9.05. The number of hydrogen-bond donors (Lipinski definition) is 1. The molecule has 1 aromatic heterocycles. The Morgan fingerprint density at radius 2 is 2.44 bits per heavy atom. The van der Waals surface area contributed by atoms with E-state index >= 15 is 0 Å². The van der Waals surface area contributed by atoms with E-state index in [9.17, 15) is 5.26 Å². The van der Waals surface area contributed by atoms with Crippen molar-refractivity contribution < 1.29 is 0 Å². The lowest BCUT2D eigenvalue weighted by atomic mass is 9.80. The Hall–Kier alpha value is -1.47. The van der Waals surface area contributed by atoms with E-state index < -0.39 is 0 Å². The molecule has 3 atom stereocenters. The molecule has 1 aliphatic heterocycles. The first kappa shape index (κ1) is 11.0. The van der Waals surface area contributed by atoms with Gasteiger partial charge < -0.3 is 5.32 Å². The first-order chi connectivity index (χ1) is 7.72. The van der Waals surface area contributed by atoms with Crippen LogP contribution in [0.4, 0.5) is 0 Å². The van der Waals surface area contributed by atoms with Gasteiger partial charge in [0.2, 0.25) is 0 Å². The SMILES string of the molecule is CC1CC(c2cccnc2)C(C#N)C(=S)N1. The molecule has 16 heavy (non-hydrogen) atoms. The summed E-state index contributed by atoms with van der Waals surface area (Å²) < 4.78 is 0. The van der Waals surface area contributed by atoms with Gasteiger partial charge in [-0.1, -0.05) is 18.3 Å². The Morgan fingerprint density at radius 1 is 1.62 bits per heavy atom. The summed E-state index contributed by atoms with van der Waals surface area (Å²) in [6.45, 7) is 2.09. The molecule has 0 radical (unpaired) electrons. The summed E-state index contributed by atoms with van der Waals surface area (Å²) >= 11 is 5.23. The van der Waals surface area contributed by atoms with Gasteiger partial charge in [0.25, 0.3) is 0 Å². The van der Waals surface area contributed by atoms with Gasteiger partial charge in [-0.15, -0.1) is 0 Å². The number of nitriles is 1. The Kier molecular flexibility index (Phi) is 3.16. The van der Waals surface area contributed by atoms with Gasteiger partial charge in [0, 0.05) is 24.4 Å². The maximum absolute atomic E-state index is 9.18. The van der Waals surface area contributed by atoms with Crippen molar-refractivity contribution in [2.45, 2.75) is 25.3 Å². The third-order valence-corrected chi connectivity index (χ3v) is 3.30. The number of piperidine rings is 1. The second-order valence-corrected chi connectivity index (χ2v) is 4.58. The first-order valence-electron chi connectivity index (χ1n) is 5.32. The van der Waals surface area contributed by atoms with Crippen LogP contribution in [0.2, 0.25) is 0 Å². The van der Waals surface area contributed by atoms with Crippen molar-refractivity contribution in [1.29, 1.82) is 5.26 Å². The minimum Gasteiger partial charge on any atom is -0.376 e. The lowest BCUT2D eigenvalue weighted by molar-refractivity contribution is 0.447. The highest BCUT2D eigenvalue weighted by Gasteiger charge is 2.33. The number of pyridine rings is 1. The highest BCUT2D eigenvalue weighted by molar-refractivity contribution is 7.80. The molecule has 1 saturated heterocycles. The van der Waals surface area contributed by atoms with Crippen LogP contribution in [-0.4, -0.2) is 16.0 Å². The van der Waals surface area contributed by atoms with Crippen molar-refractivity contribution in [3.8, 4) is 6.07 Å². The fraction of sp³-hybridized carbons (Fsp3) is 0.417. The standard InChI is InChI=1S/C12H13N3S/c1-8-5-10(9-3-2-4-14-7-9)11(6-13)12(16)15-8/h2-4,7-8,10-11H,5H2,1H3,(H,15,16). The molecule has 0 aromatic carbocycles. The van der Waals surface area contributed by atoms with Gasteiger partial charge in [0.05, 0.1) is 11.1 Å².